The van der Waals surface area contributed by atoms with E-state index in [0.29, 0.717) is 12.0 Å². The SMILES string of the molecule is CC(C)N1c2ccc(/C=C3\C(=O)NC(=S)N(C)C3=O)cc2[C@H](C)CC1(C)C. The highest BCUT2D eigenvalue weighted by Crippen LogP contribution is 2.44. The third-order valence-corrected chi connectivity index (χ3v) is 5.81. The van der Waals surface area contributed by atoms with Gasteiger partial charge in [0, 0.05) is 24.3 Å². The zero-order valence-electron chi connectivity index (χ0n) is 16.8. The molecule has 0 aliphatic carbocycles. The van der Waals surface area contributed by atoms with Crippen LogP contribution in [0.2, 0.25) is 0 Å². The van der Waals surface area contributed by atoms with Gasteiger partial charge in [-0.1, -0.05) is 13.0 Å². The molecule has 2 aliphatic heterocycles. The standard InChI is InChI=1S/C21H27N3O2S/c1-12(2)24-17-8-7-14(9-15(17)13(3)11-21(24,4)5)10-16-18(25)22-20(27)23(6)19(16)26/h7-10,12-13H,11H2,1-6H3,(H,22,25,27)/b16-10+/t13-/m1/s1. The summed E-state index contributed by atoms with van der Waals surface area (Å²) >= 11 is 4.99. The maximum Gasteiger partial charge on any atom is 0.265 e. The number of rotatable bonds is 2. The monoisotopic (exact) mass is 385 g/mol. The Morgan fingerprint density at radius 1 is 1.30 bits per heavy atom. The molecule has 5 nitrogen and oxygen atoms in total. The van der Waals surface area contributed by atoms with E-state index >= 15 is 0 Å². The number of likely N-dealkylation sites (N-methyl/N-ethyl adjacent to an activating group) is 1. The summed E-state index contributed by atoms with van der Waals surface area (Å²) < 4.78 is 0. The number of hydrogen-bond donors (Lipinski definition) is 1. The second-order valence-electron chi connectivity index (χ2n) is 8.38. The topological polar surface area (TPSA) is 52.7 Å². The molecule has 2 amide bonds. The van der Waals surface area contributed by atoms with Crippen molar-refractivity contribution in [3.63, 3.8) is 0 Å². The van der Waals surface area contributed by atoms with E-state index in [4.69, 9.17) is 12.2 Å². The van der Waals surface area contributed by atoms with Crippen molar-refractivity contribution in [2.24, 2.45) is 0 Å². The first-order chi connectivity index (χ1) is 12.5. The van der Waals surface area contributed by atoms with Gasteiger partial charge < -0.3 is 4.90 Å². The second-order valence-corrected chi connectivity index (χ2v) is 8.77. The molecule has 1 saturated heterocycles. The Balaban J connectivity index is 2.04. The van der Waals surface area contributed by atoms with Gasteiger partial charge in [0.25, 0.3) is 11.8 Å². The van der Waals surface area contributed by atoms with E-state index in [-0.39, 0.29) is 22.1 Å². The molecular weight excluding hydrogens is 358 g/mol. The molecule has 0 aromatic heterocycles. The number of amides is 2. The predicted octanol–water partition coefficient (Wildman–Crippen LogP) is 3.44. The summed E-state index contributed by atoms with van der Waals surface area (Å²) in [4.78, 5) is 28.4. The predicted molar refractivity (Wildman–Crippen MR) is 113 cm³/mol. The molecule has 6 heteroatoms. The van der Waals surface area contributed by atoms with Gasteiger partial charge in [0.1, 0.15) is 5.57 Å². The summed E-state index contributed by atoms with van der Waals surface area (Å²) in [6.45, 7) is 11.2. The third-order valence-electron chi connectivity index (χ3n) is 5.43. The van der Waals surface area contributed by atoms with Crippen molar-refractivity contribution in [3.05, 3.63) is 34.9 Å². The molecule has 1 N–H and O–H groups in total. The van der Waals surface area contributed by atoms with E-state index in [1.54, 1.807) is 13.1 Å². The first-order valence-electron chi connectivity index (χ1n) is 9.31. The Morgan fingerprint density at radius 2 is 1.96 bits per heavy atom. The van der Waals surface area contributed by atoms with Crippen molar-refractivity contribution >= 4 is 40.9 Å². The van der Waals surface area contributed by atoms with E-state index in [0.717, 1.165) is 12.0 Å². The Kier molecular flexibility index (Phi) is 4.89. The van der Waals surface area contributed by atoms with Crippen molar-refractivity contribution in [1.29, 1.82) is 0 Å². The summed E-state index contributed by atoms with van der Waals surface area (Å²) in [6, 6.07) is 6.57. The largest absolute Gasteiger partial charge is 0.364 e. The molecule has 1 aromatic rings. The number of nitrogens with one attached hydrogen (secondary N) is 1. The van der Waals surface area contributed by atoms with Crippen LogP contribution in [-0.4, -0.2) is 40.5 Å². The van der Waals surface area contributed by atoms with Crippen LogP contribution in [0.4, 0.5) is 5.69 Å². The van der Waals surface area contributed by atoms with Crippen molar-refractivity contribution in [1.82, 2.24) is 10.2 Å². The number of carbonyl (C=O) groups excluding carboxylic acids is 2. The zero-order valence-corrected chi connectivity index (χ0v) is 17.6. The van der Waals surface area contributed by atoms with Crippen LogP contribution in [0.3, 0.4) is 0 Å². The molecule has 0 bridgehead atoms. The summed E-state index contributed by atoms with van der Waals surface area (Å²) in [5.41, 5.74) is 3.52. The molecule has 0 unspecified atom stereocenters. The Labute approximate surface area is 166 Å². The molecule has 0 radical (unpaired) electrons. The second kappa shape index (κ2) is 6.75. The lowest BCUT2D eigenvalue weighted by atomic mass is 9.78. The van der Waals surface area contributed by atoms with Gasteiger partial charge in [-0.15, -0.1) is 0 Å². The summed E-state index contributed by atoms with van der Waals surface area (Å²) in [6.07, 6.45) is 2.71. The molecule has 0 spiro atoms. The Bertz CT molecular complexity index is 857. The molecule has 27 heavy (non-hydrogen) atoms. The van der Waals surface area contributed by atoms with Crippen LogP contribution in [-0.2, 0) is 9.59 Å². The molecule has 2 heterocycles. The highest BCUT2D eigenvalue weighted by molar-refractivity contribution is 7.80. The van der Waals surface area contributed by atoms with Crippen LogP contribution in [0, 0.1) is 0 Å². The minimum atomic E-state index is -0.446. The third kappa shape index (κ3) is 3.38. The smallest absolute Gasteiger partial charge is 0.265 e. The average Bonchev–Trinajstić information content (AvgIpc) is 2.56. The minimum absolute atomic E-state index is 0.0815. The minimum Gasteiger partial charge on any atom is -0.364 e. The van der Waals surface area contributed by atoms with Crippen LogP contribution in [0.5, 0.6) is 0 Å². The Hall–Kier alpha value is -2.21. The maximum atomic E-state index is 12.4. The zero-order chi connectivity index (χ0) is 20.1. The number of anilines is 1. The van der Waals surface area contributed by atoms with Crippen LogP contribution in [0.15, 0.2) is 23.8 Å². The quantitative estimate of drug-likeness (QED) is 0.481. The normalized spacial score (nSPS) is 23.7. The molecule has 3 rings (SSSR count). The highest BCUT2D eigenvalue weighted by Gasteiger charge is 2.37. The van der Waals surface area contributed by atoms with Gasteiger partial charge in [-0.25, -0.2) is 0 Å². The number of benzene rings is 1. The van der Waals surface area contributed by atoms with Crippen molar-refractivity contribution in [3.8, 4) is 0 Å². The first kappa shape index (κ1) is 19.5. The highest BCUT2D eigenvalue weighted by atomic mass is 32.1. The molecule has 1 fully saturated rings. The maximum absolute atomic E-state index is 12.4. The average molecular weight is 386 g/mol. The van der Waals surface area contributed by atoms with Gasteiger partial charge >= 0.3 is 0 Å². The molecular formula is C21H27N3O2S. The molecule has 1 atom stereocenters. The van der Waals surface area contributed by atoms with E-state index < -0.39 is 5.91 Å². The number of nitrogens with zero attached hydrogens (tertiary/aromatic N) is 2. The van der Waals surface area contributed by atoms with E-state index in [2.05, 4.69) is 57.0 Å². The van der Waals surface area contributed by atoms with Crippen LogP contribution in [0.1, 0.15) is 58.1 Å². The molecule has 0 saturated carbocycles. The van der Waals surface area contributed by atoms with Gasteiger partial charge in [0.2, 0.25) is 0 Å². The molecule has 2 aliphatic rings. The molecule has 144 valence electrons. The van der Waals surface area contributed by atoms with Gasteiger partial charge in [-0.05, 0) is 81.6 Å². The fraction of sp³-hybridized carbons (Fsp3) is 0.476. The molecule has 1 aromatic carbocycles. The summed E-state index contributed by atoms with van der Waals surface area (Å²) in [5, 5.41) is 2.69. The van der Waals surface area contributed by atoms with Crippen LogP contribution < -0.4 is 10.2 Å². The number of thiocarbonyl (C=S) groups is 1. The summed E-state index contributed by atoms with van der Waals surface area (Å²) in [5.74, 6) is -0.423. The van der Waals surface area contributed by atoms with E-state index in [1.165, 1.54) is 16.2 Å². The lowest BCUT2D eigenvalue weighted by Gasteiger charge is -2.50. The fourth-order valence-electron chi connectivity index (χ4n) is 4.45. The van der Waals surface area contributed by atoms with Gasteiger partial charge in [0.05, 0.1) is 0 Å². The van der Waals surface area contributed by atoms with E-state index in [1.807, 2.05) is 6.07 Å². The first-order valence-corrected chi connectivity index (χ1v) is 9.72. The fourth-order valence-corrected chi connectivity index (χ4v) is 4.63. The van der Waals surface area contributed by atoms with Crippen molar-refractivity contribution in [2.75, 3.05) is 11.9 Å². The lowest BCUT2D eigenvalue weighted by molar-refractivity contribution is -0.128. The summed E-state index contributed by atoms with van der Waals surface area (Å²) in [7, 11) is 1.56. The number of fused-ring (bicyclic) bond motifs is 1. The van der Waals surface area contributed by atoms with Crippen molar-refractivity contribution in [2.45, 2.75) is 58.5 Å². The van der Waals surface area contributed by atoms with Gasteiger partial charge in [-0.2, -0.15) is 0 Å². The van der Waals surface area contributed by atoms with Crippen LogP contribution >= 0.6 is 12.2 Å². The Morgan fingerprint density at radius 3 is 2.59 bits per heavy atom. The van der Waals surface area contributed by atoms with E-state index in [9.17, 15) is 9.59 Å². The van der Waals surface area contributed by atoms with Crippen molar-refractivity contribution < 1.29 is 9.59 Å². The van der Waals surface area contributed by atoms with Gasteiger partial charge in [0.15, 0.2) is 5.11 Å². The number of hydrogen-bond acceptors (Lipinski definition) is 4. The van der Waals surface area contributed by atoms with Crippen LogP contribution in [0.25, 0.3) is 6.08 Å². The van der Waals surface area contributed by atoms with Gasteiger partial charge in [-0.3, -0.25) is 19.8 Å². The lowest BCUT2D eigenvalue weighted by Crippen LogP contribution is -2.52. The number of carbonyl (C=O) groups is 2.